The highest BCUT2D eigenvalue weighted by molar-refractivity contribution is 8.37. The first-order valence-electron chi connectivity index (χ1n) is 1.64. The second-order valence-electron chi connectivity index (χ2n) is 1.20. The van der Waals surface area contributed by atoms with Crippen LogP contribution in [0.3, 0.4) is 0 Å². The van der Waals surface area contributed by atoms with Gasteiger partial charge in [-0.1, -0.05) is 0 Å². The van der Waals surface area contributed by atoms with Crippen molar-refractivity contribution in [3.05, 3.63) is 0 Å². The van der Waals surface area contributed by atoms with Crippen LogP contribution >= 0.6 is 12.2 Å². The summed E-state index contributed by atoms with van der Waals surface area (Å²) in [6.07, 6.45) is 0. The van der Waals surface area contributed by atoms with E-state index in [4.69, 9.17) is 9.11 Å². The molecular formula is CH2O6S3. The second-order valence-corrected chi connectivity index (χ2v) is 5.10. The molecule has 9 heteroatoms. The van der Waals surface area contributed by atoms with Gasteiger partial charge in [-0.05, 0) is 12.2 Å². The van der Waals surface area contributed by atoms with Crippen LogP contribution in [-0.2, 0) is 20.2 Å². The molecule has 0 amide bonds. The third-order valence-corrected chi connectivity index (χ3v) is 3.79. The van der Waals surface area contributed by atoms with E-state index in [2.05, 4.69) is 12.2 Å². The van der Waals surface area contributed by atoms with Crippen molar-refractivity contribution in [2.45, 2.75) is 0 Å². The maximum Gasteiger partial charge on any atom is 0.318 e. The summed E-state index contributed by atoms with van der Waals surface area (Å²) >= 11 is 3.65. The summed E-state index contributed by atoms with van der Waals surface area (Å²) in [5, 5.41) is 0. The molecule has 0 atom stereocenters. The Kier molecular flexibility index (Phi) is 2.49. The van der Waals surface area contributed by atoms with E-state index in [1.165, 1.54) is 0 Å². The predicted octanol–water partition coefficient (Wildman–Crippen LogP) is -0.953. The highest BCUT2D eigenvalue weighted by Crippen LogP contribution is 1.96. The van der Waals surface area contributed by atoms with E-state index in [0.29, 0.717) is 0 Å². The van der Waals surface area contributed by atoms with Crippen LogP contribution in [0.25, 0.3) is 0 Å². The molecule has 0 aromatic rings. The van der Waals surface area contributed by atoms with Crippen LogP contribution in [0.5, 0.6) is 0 Å². The molecule has 0 saturated heterocycles. The Morgan fingerprint density at radius 3 is 1.20 bits per heavy atom. The lowest BCUT2D eigenvalue weighted by molar-refractivity contribution is 0.492. The maximum atomic E-state index is 9.85. The average Bonchev–Trinajstić information content (AvgIpc) is 1.59. The molecule has 6 nitrogen and oxygen atoms in total. The Morgan fingerprint density at radius 1 is 1.00 bits per heavy atom. The molecule has 0 aliphatic rings. The van der Waals surface area contributed by atoms with E-state index >= 15 is 0 Å². The fourth-order valence-electron chi connectivity index (χ4n) is 0.133. The second kappa shape index (κ2) is 2.51. The van der Waals surface area contributed by atoms with Gasteiger partial charge in [0.15, 0.2) is 0 Å². The lowest BCUT2D eigenvalue weighted by Gasteiger charge is -1.91. The predicted molar refractivity (Wildman–Crippen MR) is 35.7 cm³/mol. The summed E-state index contributed by atoms with van der Waals surface area (Å²) in [6, 6.07) is 0. The van der Waals surface area contributed by atoms with E-state index < -0.39 is 23.8 Å². The van der Waals surface area contributed by atoms with Crippen LogP contribution in [-0.4, -0.2) is 29.5 Å². The third kappa shape index (κ3) is 2.66. The zero-order chi connectivity index (χ0) is 8.58. The standard InChI is InChI=1S/CH2O6S3/c2-9(3,4)1(8)10(5,6)7/h(H,2,3,4)(H,5,6,7). The van der Waals surface area contributed by atoms with Gasteiger partial charge in [-0.15, -0.1) is 0 Å². The van der Waals surface area contributed by atoms with E-state index in [0.717, 1.165) is 0 Å². The molecule has 0 fully saturated rings. The van der Waals surface area contributed by atoms with Gasteiger partial charge in [0.05, 0.1) is 0 Å². The van der Waals surface area contributed by atoms with Crippen LogP contribution in [0.15, 0.2) is 0 Å². The summed E-state index contributed by atoms with van der Waals surface area (Å²) in [6.45, 7) is 0. The fourth-order valence-corrected chi connectivity index (χ4v) is 1.20. The van der Waals surface area contributed by atoms with Crippen molar-refractivity contribution in [1.29, 1.82) is 0 Å². The molecule has 0 radical (unpaired) electrons. The molecule has 0 rings (SSSR count). The Labute approximate surface area is 62.4 Å². The minimum Gasteiger partial charge on any atom is -0.281 e. The largest absolute Gasteiger partial charge is 0.318 e. The monoisotopic (exact) mass is 206 g/mol. The molecule has 0 unspecified atom stereocenters. The van der Waals surface area contributed by atoms with Crippen molar-refractivity contribution in [1.82, 2.24) is 0 Å². The number of rotatable bonds is 0. The Hall–Kier alpha value is -0.0900. The highest BCUT2D eigenvalue weighted by Gasteiger charge is 2.26. The van der Waals surface area contributed by atoms with Crippen LogP contribution in [0.4, 0.5) is 0 Å². The van der Waals surface area contributed by atoms with Gasteiger partial charge in [0.1, 0.15) is 0 Å². The van der Waals surface area contributed by atoms with Gasteiger partial charge in [0.25, 0.3) is 3.53 Å². The first kappa shape index (κ1) is 9.91. The van der Waals surface area contributed by atoms with Crippen molar-refractivity contribution in [2.75, 3.05) is 0 Å². The SMILES string of the molecule is O=S(=O)(O)C(=S)S(=O)(=O)O. The van der Waals surface area contributed by atoms with Crippen LogP contribution in [0.2, 0.25) is 0 Å². The lowest BCUT2D eigenvalue weighted by atomic mass is 11.9. The van der Waals surface area contributed by atoms with Gasteiger partial charge in [-0.25, -0.2) is 0 Å². The van der Waals surface area contributed by atoms with Crippen molar-refractivity contribution >= 4 is 36.0 Å². The maximum absolute atomic E-state index is 9.85. The van der Waals surface area contributed by atoms with Gasteiger partial charge < -0.3 is 0 Å². The zero-order valence-corrected chi connectivity index (χ0v) is 6.70. The van der Waals surface area contributed by atoms with Gasteiger partial charge >= 0.3 is 20.2 Å². The van der Waals surface area contributed by atoms with Crippen molar-refractivity contribution in [2.24, 2.45) is 0 Å². The minimum atomic E-state index is -4.97. The van der Waals surface area contributed by atoms with Crippen LogP contribution in [0, 0.1) is 0 Å². The molecule has 0 spiro atoms. The summed E-state index contributed by atoms with van der Waals surface area (Å²) in [7, 11) is -9.93. The first-order chi connectivity index (χ1) is 4.15. The Bertz CT molecular complexity index is 295. The Balaban J connectivity index is 5.16. The third-order valence-electron chi connectivity index (χ3n) is 0.421. The summed E-state index contributed by atoms with van der Waals surface area (Å²) in [5.74, 6) is 0. The highest BCUT2D eigenvalue weighted by atomic mass is 32.3. The molecule has 0 heterocycles. The quantitative estimate of drug-likeness (QED) is 0.388. The molecule has 0 aromatic heterocycles. The summed E-state index contributed by atoms with van der Waals surface area (Å²) in [4.78, 5) is 0. The first-order valence-corrected chi connectivity index (χ1v) is 4.93. The average molecular weight is 206 g/mol. The number of thiocarbonyl (C=S) groups is 1. The minimum absolute atomic E-state index is 1.79. The molecule has 0 aromatic carbocycles. The van der Waals surface area contributed by atoms with Gasteiger partial charge in [-0.2, -0.15) is 16.8 Å². The normalized spacial score (nSPS) is 13.0. The topological polar surface area (TPSA) is 109 Å². The van der Waals surface area contributed by atoms with E-state index in [1.54, 1.807) is 0 Å². The fraction of sp³-hybridized carbons (Fsp3) is 0. The van der Waals surface area contributed by atoms with Crippen molar-refractivity contribution < 1.29 is 25.9 Å². The van der Waals surface area contributed by atoms with Crippen LogP contribution < -0.4 is 0 Å². The lowest BCUT2D eigenvalue weighted by Crippen LogP contribution is -2.20. The molecule has 0 saturated carbocycles. The molecule has 0 aliphatic heterocycles. The van der Waals surface area contributed by atoms with Gasteiger partial charge in [-0.3, -0.25) is 9.11 Å². The van der Waals surface area contributed by atoms with Crippen LogP contribution in [0.1, 0.15) is 0 Å². The molecule has 0 bridgehead atoms. The molecule has 0 aliphatic carbocycles. The molecule has 2 N–H and O–H groups in total. The van der Waals surface area contributed by atoms with E-state index in [9.17, 15) is 16.8 Å². The smallest absolute Gasteiger partial charge is 0.281 e. The summed E-state index contributed by atoms with van der Waals surface area (Å²) < 4.78 is 53.4. The van der Waals surface area contributed by atoms with E-state index in [1.807, 2.05) is 0 Å². The van der Waals surface area contributed by atoms with Gasteiger partial charge in [0.2, 0.25) is 0 Å². The number of hydrogen-bond donors (Lipinski definition) is 2. The molecule has 60 valence electrons. The van der Waals surface area contributed by atoms with Crippen molar-refractivity contribution in [3.8, 4) is 0 Å². The molecule has 10 heavy (non-hydrogen) atoms. The van der Waals surface area contributed by atoms with Gasteiger partial charge in [0, 0.05) is 0 Å². The number of hydrogen-bond acceptors (Lipinski definition) is 5. The summed E-state index contributed by atoms with van der Waals surface area (Å²) in [5.41, 5.74) is 0. The zero-order valence-electron chi connectivity index (χ0n) is 4.25. The van der Waals surface area contributed by atoms with E-state index in [-0.39, 0.29) is 0 Å². The molecular weight excluding hydrogens is 204 g/mol. The Morgan fingerprint density at radius 2 is 1.20 bits per heavy atom. The van der Waals surface area contributed by atoms with Crippen molar-refractivity contribution in [3.63, 3.8) is 0 Å².